The van der Waals surface area contributed by atoms with Crippen molar-refractivity contribution in [1.82, 2.24) is 0 Å². The van der Waals surface area contributed by atoms with E-state index in [0.29, 0.717) is 0 Å². The minimum absolute atomic E-state index is 1.01. The third-order valence-electron chi connectivity index (χ3n) is 5.61. The number of benzene rings is 3. The van der Waals surface area contributed by atoms with Gasteiger partial charge in [-0.3, -0.25) is 0 Å². The summed E-state index contributed by atoms with van der Waals surface area (Å²) in [5.74, 6) is 0. The molecule has 3 aromatic carbocycles. The highest BCUT2D eigenvalue weighted by Crippen LogP contribution is 2.38. The Hall–Kier alpha value is -3.38. The summed E-state index contributed by atoms with van der Waals surface area (Å²) >= 11 is 0. The number of rotatable bonds is 5. The highest BCUT2D eigenvalue weighted by atomic mass is 15.1. The molecule has 0 aromatic heterocycles. The maximum atomic E-state index is 8.90. The largest absolute Gasteiger partial charge is 0.372 e. The van der Waals surface area contributed by atoms with Crippen molar-refractivity contribution in [3.8, 4) is 6.07 Å². The van der Waals surface area contributed by atoms with Gasteiger partial charge in [0.25, 0.3) is 0 Å². The van der Waals surface area contributed by atoms with Gasteiger partial charge in [0.1, 0.15) is 7.05 Å². The Labute approximate surface area is 166 Å². The molecule has 0 radical (unpaired) electrons. The number of anilines is 1. The van der Waals surface area contributed by atoms with E-state index in [9.17, 15) is 0 Å². The lowest BCUT2D eigenvalue weighted by atomic mass is 9.95. The zero-order valence-electron chi connectivity index (χ0n) is 16.6. The van der Waals surface area contributed by atoms with Gasteiger partial charge in [-0.05, 0) is 67.3 Å². The minimum atomic E-state index is 1.01. The zero-order chi connectivity index (χ0) is 19.7. The number of nitrogens with zero attached hydrogens (tertiary/aromatic N) is 3. The Morgan fingerprint density at radius 1 is 1.00 bits per heavy atom. The van der Waals surface area contributed by atoms with Crippen LogP contribution in [0.2, 0.25) is 0 Å². The molecule has 0 saturated heterocycles. The fourth-order valence-corrected chi connectivity index (χ4v) is 4.23. The summed E-state index contributed by atoms with van der Waals surface area (Å²) in [4.78, 5) is 2.36. The summed E-state index contributed by atoms with van der Waals surface area (Å²) in [6.45, 7) is 6.39. The Morgan fingerprint density at radius 2 is 1.75 bits per heavy atom. The number of hydrogen-bond donors (Lipinski definition) is 0. The highest BCUT2D eigenvalue weighted by molar-refractivity contribution is 6.22. The molecule has 0 unspecified atom stereocenters. The second-order valence-corrected chi connectivity index (χ2v) is 6.99. The maximum absolute atomic E-state index is 8.90. The molecular weight excluding hydrogens is 342 g/mol. The third-order valence-corrected chi connectivity index (χ3v) is 5.61. The average Bonchev–Trinajstić information content (AvgIpc) is 3.02. The lowest BCUT2D eigenvalue weighted by Crippen LogP contribution is -2.21. The standard InChI is InChI=1S/C25H24N3/c1-4-28(5-2)20-14-11-19(12-15-20)25-22-10-6-9-21-18(8-7-17-26)13-16-23(24(21)22)27(25)3/h6-16H,4-5H2,1-3H3/q+1/b8-7+. The molecule has 28 heavy (non-hydrogen) atoms. The summed E-state index contributed by atoms with van der Waals surface area (Å²) < 4.78 is 2.28. The average molecular weight is 366 g/mol. The number of nitriles is 1. The predicted molar refractivity (Wildman–Crippen MR) is 118 cm³/mol. The van der Waals surface area contributed by atoms with Crippen molar-refractivity contribution >= 4 is 33.9 Å². The lowest BCUT2D eigenvalue weighted by Gasteiger charge is -2.20. The smallest absolute Gasteiger partial charge is 0.220 e. The van der Waals surface area contributed by atoms with Crippen LogP contribution in [0.25, 0.3) is 16.8 Å². The Balaban J connectivity index is 1.84. The van der Waals surface area contributed by atoms with E-state index in [-0.39, 0.29) is 0 Å². The van der Waals surface area contributed by atoms with Crippen LogP contribution in [-0.4, -0.2) is 30.4 Å². The summed E-state index contributed by atoms with van der Waals surface area (Å²) in [6.07, 6.45) is 3.43. The van der Waals surface area contributed by atoms with E-state index in [1.807, 2.05) is 6.08 Å². The van der Waals surface area contributed by atoms with Gasteiger partial charge in [-0.1, -0.05) is 12.1 Å². The van der Waals surface area contributed by atoms with Crippen LogP contribution < -0.4 is 4.90 Å². The van der Waals surface area contributed by atoms with Crippen LogP contribution in [0.1, 0.15) is 30.5 Å². The molecule has 1 heterocycles. The van der Waals surface area contributed by atoms with Crippen molar-refractivity contribution in [2.24, 2.45) is 0 Å². The highest BCUT2D eigenvalue weighted by Gasteiger charge is 2.31. The SMILES string of the molecule is CCN(CC)c1ccc(C2=[N+](C)c3ccc(/C=C/C#N)c4cccc2c34)cc1. The minimum Gasteiger partial charge on any atom is -0.372 e. The van der Waals surface area contributed by atoms with Crippen LogP contribution in [0.3, 0.4) is 0 Å². The first-order valence-corrected chi connectivity index (χ1v) is 9.78. The topological polar surface area (TPSA) is 30.0 Å². The molecule has 0 bridgehead atoms. The van der Waals surface area contributed by atoms with Gasteiger partial charge < -0.3 is 4.90 Å². The van der Waals surface area contributed by atoms with E-state index < -0.39 is 0 Å². The van der Waals surface area contributed by atoms with E-state index >= 15 is 0 Å². The number of hydrogen-bond acceptors (Lipinski definition) is 2. The Bertz CT molecular complexity index is 1140. The number of allylic oxidation sites excluding steroid dienone is 1. The van der Waals surface area contributed by atoms with E-state index in [0.717, 1.165) is 18.7 Å². The fourth-order valence-electron chi connectivity index (χ4n) is 4.23. The molecule has 3 heteroatoms. The second-order valence-electron chi connectivity index (χ2n) is 6.99. The molecule has 0 N–H and O–H groups in total. The summed E-state index contributed by atoms with van der Waals surface area (Å²) in [5.41, 5.74) is 7.24. The van der Waals surface area contributed by atoms with E-state index in [1.165, 1.54) is 39.0 Å². The van der Waals surface area contributed by atoms with Gasteiger partial charge >= 0.3 is 0 Å². The van der Waals surface area contributed by atoms with Gasteiger partial charge in [0.2, 0.25) is 11.4 Å². The molecule has 138 valence electrons. The first kappa shape index (κ1) is 18.0. The van der Waals surface area contributed by atoms with Crippen molar-refractivity contribution in [3.05, 3.63) is 77.4 Å². The van der Waals surface area contributed by atoms with E-state index in [4.69, 9.17) is 5.26 Å². The molecule has 0 aliphatic carbocycles. The predicted octanol–water partition coefficient (Wildman–Crippen LogP) is 5.35. The molecule has 3 nitrogen and oxygen atoms in total. The quantitative estimate of drug-likeness (QED) is 0.450. The first-order chi connectivity index (χ1) is 13.7. The van der Waals surface area contributed by atoms with E-state index in [1.54, 1.807) is 6.08 Å². The first-order valence-electron chi connectivity index (χ1n) is 9.78. The Morgan fingerprint density at radius 3 is 2.43 bits per heavy atom. The van der Waals surface area contributed by atoms with Crippen LogP contribution in [0.5, 0.6) is 0 Å². The van der Waals surface area contributed by atoms with Gasteiger partial charge in [0.15, 0.2) is 0 Å². The molecule has 4 rings (SSSR count). The van der Waals surface area contributed by atoms with Gasteiger partial charge in [-0.2, -0.15) is 9.84 Å². The third kappa shape index (κ3) is 2.78. The lowest BCUT2D eigenvalue weighted by molar-refractivity contribution is -0.399. The van der Waals surface area contributed by atoms with Crippen LogP contribution >= 0.6 is 0 Å². The molecule has 0 amide bonds. The van der Waals surface area contributed by atoms with Gasteiger partial charge in [-0.15, -0.1) is 0 Å². The molecular formula is C25H24N3+. The zero-order valence-corrected chi connectivity index (χ0v) is 16.6. The second kappa shape index (κ2) is 7.32. The van der Waals surface area contributed by atoms with E-state index in [2.05, 4.69) is 91.0 Å². The van der Waals surface area contributed by atoms with Gasteiger partial charge in [0, 0.05) is 36.5 Å². The van der Waals surface area contributed by atoms with Crippen LogP contribution in [0.4, 0.5) is 11.4 Å². The van der Waals surface area contributed by atoms with Gasteiger partial charge in [0.05, 0.1) is 17.0 Å². The maximum Gasteiger partial charge on any atom is 0.220 e. The summed E-state index contributed by atoms with van der Waals surface area (Å²) in [7, 11) is 2.13. The molecule has 0 atom stereocenters. The van der Waals surface area contributed by atoms with Crippen molar-refractivity contribution in [2.75, 3.05) is 25.0 Å². The van der Waals surface area contributed by atoms with Crippen molar-refractivity contribution in [2.45, 2.75) is 13.8 Å². The molecule has 3 aromatic rings. The van der Waals surface area contributed by atoms with Crippen LogP contribution in [-0.2, 0) is 0 Å². The van der Waals surface area contributed by atoms with Crippen molar-refractivity contribution in [1.29, 1.82) is 5.26 Å². The van der Waals surface area contributed by atoms with Crippen molar-refractivity contribution in [3.63, 3.8) is 0 Å². The van der Waals surface area contributed by atoms with Crippen LogP contribution in [0, 0.1) is 11.3 Å². The fraction of sp³-hybridized carbons (Fsp3) is 0.200. The monoisotopic (exact) mass is 366 g/mol. The normalized spacial score (nSPS) is 12.8. The van der Waals surface area contributed by atoms with Gasteiger partial charge in [-0.25, -0.2) is 0 Å². The molecule has 1 aliphatic heterocycles. The molecule has 0 fully saturated rings. The molecule has 0 saturated carbocycles. The van der Waals surface area contributed by atoms with Crippen molar-refractivity contribution < 1.29 is 4.58 Å². The Kier molecular flexibility index (Phi) is 4.71. The molecule has 1 aliphatic rings. The van der Waals surface area contributed by atoms with Crippen LogP contribution in [0.15, 0.2) is 60.7 Å². The summed E-state index contributed by atoms with van der Waals surface area (Å²) in [6, 6.07) is 21.7. The summed E-state index contributed by atoms with van der Waals surface area (Å²) in [5, 5.41) is 11.3. The molecule has 0 spiro atoms.